The first-order chi connectivity index (χ1) is 5.75. The van der Waals surface area contributed by atoms with Gasteiger partial charge in [-0.2, -0.15) is 0 Å². The lowest BCUT2D eigenvalue weighted by Gasteiger charge is -2.04. The number of aliphatic imine (C=N–C) groups is 1. The third-order valence-corrected chi connectivity index (χ3v) is 1.93. The monoisotopic (exact) mass is 202 g/mol. The summed E-state index contributed by atoms with van der Waals surface area (Å²) in [6, 6.07) is 5.32. The maximum Gasteiger partial charge on any atom is 0.0865 e. The van der Waals surface area contributed by atoms with Crippen LogP contribution in [0.2, 0.25) is 10.0 Å². The second-order valence-electron chi connectivity index (χ2n) is 2.13. The van der Waals surface area contributed by atoms with Crippen molar-refractivity contribution >= 4 is 35.2 Å². The van der Waals surface area contributed by atoms with Crippen molar-refractivity contribution in [3.63, 3.8) is 0 Å². The minimum atomic E-state index is 0.586. The third kappa shape index (κ3) is 2.13. The topological polar surface area (TPSA) is 24.4 Å². The Kier molecular flexibility index (Phi) is 3.38. The molecule has 1 N–H and O–H groups in total. The zero-order valence-electron chi connectivity index (χ0n) is 6.51. The molecule has 0 saturated carbocycles. The Hall–Kier alpha value is -0.730. The van der Waals surface area contributed by atoms with E-state index in [1.807, 2.05) is 0 Å². The van der Waals surface area contributed by atoms with Crippen LogP contribution in [-0.4, -0.2) is 13.4 Å². The largest absolute Gasteiger partial charge is 0.344 e. The van der Waals surface area contributed by atoms with Crippen LogP contribution in [-0.2, 0) is 0 Å². The summed E-state index contributed by atoms with van der Waals surface area (Å²) in [6.45, 7) is 0. The standard InChI is InChI=1S/C8H8Cl2N2/c1-11-5-12-8-6(9)3-2-4-7(8)10/h2-5H,1H3,(H,11,12). The van der Waals surface area contributed by atoms with Crippen LogP contribution in [0.25, 0.3) is 0 Å². The molecule has 2 nitrogen and oxygen atoms in total. The van der Waals surface area contributed by atoms with Crippen LogP contribution in [0.4, 0.5) is 5.69 Å². The molecule has 0 aliphatic rings. The summed E-state index contributed by atoms with van der Waals surface area (Å²) in [5.74, 6) is 0. The van der Waals surface area contributed by atoms with Crippen LogP contribution in [0.15, 0.2) is 23.2 Å². The Labute approximate surface area is 81.2 Å². The highest BCUT2D eigenvalue weighted by atomic mass is 35.5. The predicted octanol–water partition coefficient (Wildman–Crippen LogP) is 3.06. The molecule has 0 spiro atoms. The van der Waals surface area contributed by atoms with Gasteiger partial charge in [0.2, 0.25) is 0 Å². The molecular weight excluding hydrogens is 195 g/mol. The molecule has 0 atom stereocenters. The molecule has 0 aliphatic heterocycles. The van der Waals surface area contributed by atoms with Crippen molar-refractivity contribution in [1.29, 1.82) is 0 Å². The highest BCUT2D eigenvalue weighted by molar-refractivity contribution is 6.39. The van der Waals surface area contributed by atoms with Crippen molar-refractivity contribution in [2.45, 2.75) is 0 Å². The lowest BCUT2D eigenvalue weighted by atomic mass is 10.3. The summed E-state index contributed by atoms with van der Waals surface area (Å²) < 4.78 is 0. The van der Waals surface area contributed by atoms with Gasteiger partial charge < -0.3 is 5.32 Å². The van der Waals surface area contributed by atoms with Gasteiger partial charge in [0.1, 0.15) is 0 Å². The van der Waals surface area contributed by atoms with Crippen LogP contribution in [0, 0.1) is 0 Å². The number of halogens is 2. The highest BCUT2D eigenvalue weighted by Crippen LogP contribution is 2.28. The van der Waals surface area contributed by atoms with E-state index in [-0.39, 0.29) is 0 Å². The first-order valence-corrected chi connectivity index (χ1v) is 4.12. The molecule has 0 aliphatic carbocycles. The van der Waals surface area contributed by atoms with E-state index in [1.54, 1.807) is 25.2 Å². The van der Waals surface area contributed by atoms with E-state index < -0.39 is 0 Å². The Bertz CT molecular complexity index is 277. The maximum absolute atomic E-state index is 5.86. The lowest BCUT2D eigenvalue weighted by Crippen LogP contribution is -1.95. The highest BCUT2D eigenvalue weighted by Gasteiger charge is 2.01. The van der Waals surface area contributed by atoms with Gasteiger partial charge in [-0.25, -0.2) is 0 Å². The molecule has 0 bridgehead atoms. The predicted molar refractivity (Wildman–Crippen MR) is 54.5 cm³/mol. The number of nitrogens with zero attached hydrogens (tertiary/aromatic N) is 1. The maximum atomic E-state index is 5.86. The number of benzene rings is 1. The average molecular weight is 203 g/mol. The minimum Gasteiger partial charge on any atom is -0.344 e. The van der Waals surface area contributed by atoms with Gasteiger partial charge in [-0.1, -0.05) is 29.3 Å². The number of anilines is 1. The zero-order chi connectivity index (χ0) is 8.97. The van der Waals surface area contributed by atoms with Crippen molar-refractivity contribution in [1.82, 2.24) is 0 Å². The summed E-state index contributed by atoms with van der Waals surface area (Å²) in [7, 11) is 1.66. The van der Waals surface area contributed by atoms with Gasteiger partial charge in [0.15, 0.2) is 0 Å². The van der Waals surface area contributed by atoms with E-state index >= 15 is 0 Å². The van der Waals surface area contributed by atoms with E-state index in [9.17, 15) is 0 Å². The molecule has 0 aromatic heterocycles. The summed E-state index contributed by atoms with van der Waals surface area (Å²) in [5, 5.41) is 4.05. The summed E-state index contributed by atoms with van der Waals surface area (Å²) in [6.07, 6.45) is 1.53. The van der Waals surface area contributed by atoms with Crippen molar-refractivity contribution in [2.24, 2.45) is 4.99 Å². The second-order valence-corrected chi connectivity index (χ2v) is 2.94. The van der Waals surface area contributed by atoms with Gasteiger partial charge in [0.25, 0.3) is 0 Å². The number of hydrogen-bond acceptors (Lipinski definition) is 1. The number of para-hydroxylation sites is 1. The molecule has 12 heavy (non-hydrogen) atoms. The second kappa shape index (κ2) is 4.33. The Morgan fingerprint density at radius 3 is 2.42 bits per heavy atom. The SMILES string of the molecule is CN=CNc1c(Cl)cccc1Cl. The normalized spacial score (nSPS) is 10.6. The minimum absolute atomic E-state index is 0.586. The first kappa shape index (κ1) is 9.36. The van der Waals surface area contributed by atoms with Gasteiger partial charge in [-0.05, 0) is 12.1 Å². The molecule has 0 fully saturated rings. The fourth-order valence-electron chi connectivity index (χ4n) is 0.765. The summed E-state index contributed by atoms with van der Waals surface area (Å²) in [5.41, 5.74) is 0.687. The fraction of sp³-hybridized carbons (Fsp3) is 0.125. The quantitative estimate of drug-likeness (QED) is 0.579. The van der Waals surface area contributed by atoms with Gasteiger partial charge >= 0.3 is 0 Å². The van der Waals surface area contributed by atoms with Crippen molar-refractivity contribution in [2.75, 3.05) is 12.4 Å². The molecule has 0 saturated heterocycles. The summed E-state index contributed by atoms with van der Waals surface area (Å²) in [4.78, 5) is 3.76. The van der Waals surface area contributed by atoms with Crippen LogP contribution < -0.4 is 5.32 Å². The van der Waals surface area contributed by atoms with E-state index in [2.05, 4.69) is 10.3 Å². The van der Waals surface area contributed by atoms with Gasteiger partial charge in [-0.15, -0.1) is 0 Å². The van der Waals surface area contributed by atoms with Crippen molar-refractivity contribution in [3.05, 3.63) is 28.2 Å². The van der Waals surface area contributed by atoms with Crippen LogP contribution in [0.5, 0.6) is 0 Å². The van der Waals surface area contributed by atoms with E-state index in [1.165, 1.54) is 6.34 Å². The molecule has 0 unspecified atom stereocenters. The average Bonchev–Trinajstić information content (AvgIpc) is 2.04. The lowest BCUT2D eigenvalue weighted by molar-refractivity contribution is 1.46. The number of rotatable bonds is 2. The molecule has 4 heteroatoms. The summed E-state index contributed by atoms with van der Waals surface area (Å²) >= 11 is 11.7. The number of nitrogens with one attached hydrogen (secondary N) is 1. The molecule has 0 radical (unpaired) electrons. The van der Waals surface area contributed by atoms with Gasteiger partial charge in [-0.3, -0.25) is 4.99 Å². The van der Waals surface area contributed by atoms with E-state index in [0.717, 1.165) is 0 Å². The number of hydrogen-bond donors (Lipinski definition) is 1. The zero-order valence-corrected chi connectivity index (χ0v) is 8.02. The van der Waals surface area contributed by atoms with Crippen LogP contribution in [0.3, 0.4) is 0 Å². The smallest absolute Gasteiger partial charge is 0.0865 e. The molecule has 0 amide bonds. The van der Waals surface area contributed by atoms with Gasteiger partial charge in [0, 0.05) is 7.05 Å². The molecular formula is C8H8Cl2N2. The Morgan fingerprint density at radius 2 is 1.92 bits per heavy atom. The van der Waals surface area contributed by atoms with Crippen LogP contribution in [0.1, 0.15) is 0 Å². The molecule has 1 aromatic carbocycles. The Morgan fingerprint density at radius 1 is 1.33 bits per heavy atom. The van der Waals surface area contributed by atoms with E-state index in [4.69, 9.17) is 23.2 Å². The van der Waals surface area contributed by atoms with E-state index in [0.29, 0.717) is 15.7 Å². The fourth-order valence-corrected chi connectivity index (χ4v) is 1.27. The van der Waals surface area contributed by atoms with Crippen LogP contribution >= 0.6 is 23.2 Å². The molecule has 0 heterocycles. The van der Waals surface area contributed by atoms with Gasteiger partial charge in [0.05, 0.1) is 22.1 Å². The molecule has 64 valence electrons. The Balaban J connectivity index is 2.96. The third-order valence-electron chi connectivity index (χ3n) is 1.30. The first-order valence-electron chi connectivity index (χ1n) is 3.37. The van der Waals surface area contributed by atoms with Crippen molar-refractivity contribution in [3.8, 4) is 0 Å². The van der Waals surface area contributed by atoms with Crippen molar-refractivity contribution < 1.29 is 0 Å². The molecule has 1 rings (SSSR count). The molecule has 1 aromatic rings.